The molecule has 1 amide bonds. The summed E-state index contributed by atoms with van der Waals surface area (Å²) in [5.41, 5.74) is 2.12. The van der Waals surface area contributed by atoms with Crippen LogP contribution in [-0.2, 0) is 4.79 Å². The van der Waals surface area contributed by atoms with Crippen molar-refractivity contribution in [1.82, 2.24) is 15.0 Å². The van der Waals surface area contributed by atoms with Crippen molar-refractivity contribution in [2.24, 2.45) is 11.8 Å². The Bertz CT molecular complexity index is 1050. The molecular weight excluding hydrogens is 364 g/mol. The van der Waals surface area contributed by atoms with E-state index >= 15 is 0 Å². The molecule has 0 saturated heterocycles. The van der Waals surface area contributed by atoms with Gasteiger partial charge >= 0.3 is 0 Å². The third-order valence-electron chi connectivity index (χ3n) is 5.97. The molecule has 3 aromatic rings. The van der Waals surface area contributed by atoms with Gasteiger partial charge in [-0.2, -0.15) is 5.26 Å². The van der Waals surface area contributed by atoms with Crippen LogP contribution in [0.15, 0.2) is 42.9 Å². The van der Waals surface area contributed by atoms with E-state index in [1.165, 1.54) is 0 Å². The Balaban J connectivity index is 1.49. The van der Waals surface area contributed by atoms with E-state index in [1.54, 1.807) is 30.6 Å². The van der Waals surface area contributed by atoms with Crippen molar-refractivity contribution in [3.8, 4) is 6.07 Å². The van der Waals surface area contributed by atoms with Crippen LogP contribution in [0.4, 0.5) is 11.5 Å². The number of carbonyl (C=O) groups excluding carboxylic acids is 1. The molecule has 1 aromatic carbocycles. The van der Waals surface area contributed by atoms with Crippen LogP contribution in [0.3, 0.4) is 0 Å². The van der Waals surface area contributed by atoms with Gasteiger partial charge in [0.05, 0.1) is 17.0 Å². The van der Waals surface area contributed by atoms with Crippen LogP contribution >= 0.6 is 0 Å². The topological polar surface area (TPSA) is 97.7 Å². The van der Waals surface area contributed by atoms with Crippen molar-refractivity contribution in [1.29, 1.82) is 5.26 Å². The van der Waals surface area contributed by atoms with Crippen molar-refractivity contribution < 1.29 is 4.79 Å². The molecule has 1 aliphatic rings. The molecule has 0 spiro atoms. The number of aromatic amines is 1. The van der Waals surface area contributed by atoms with Gasteiger partial charge in [-0.05, 0) is 55.5 Å². The Morgan fingerprint density at radius 3 is 2.79 bits per heavy atom. The molecule has 2 heterocycles. The number of nitrogens with zero attached hydrogens (tertiary/aromatic N) is 4. The van der Waals surface area contributed by atoms with Gasteiger partial charge in [-0.25, -0.2) is 9.97 Å². The zero-order chi connectivity index (χ0) is 20.4. The fourth-order valence-electron chi connectivity index (χ4n) is 4.25. The average molecular weight is 388 g/mol. The lowest BCUT2D eigenvalue weighted by atomic mass is 9.78. The minimum absolute atomic E-state index is 0.0366. The highest BCUT2D eigenvalue weighted by atomic mass is 16.1. The maximum Gasteiger partial charge on any atom is 0.227 e. The summed E-state index contributed by atoms with van der Waals surface area (Å²) in [7, 11) is 2.05. The van der Waals surface area contributed by atoms with Gasteiger partial charge in [0.25, 0.3) is 0 Å². The Morgan fingerprint density at radius 2 is 2.03 bits per heavy atom. The van der Waals surface area contributed by atoms with Crippen LogP contribution in [0.25, 0.3) is 11.0 Å². The number of H-pyrrole nitrogens is 1. The average Bonchev–Trinajstić information content (AvgIpc) is 3.23. The monoisotopic (exact) mass is 388 g/mol. The summed E-state index contributed by atoms with van der Waals surface area (Å²) >= 11 is 0. The molecule has 3 unspecified atom stereocenters. The van der Waals surface area contributed by atoms with Crippen molar-refractivity contribution in [3.05, 3.63) is 48.4 Å². The molecule has 4 rings (SSSR count). The van der Waals surface area contributed by atoms with E-state index in [-0.39, 0.29) is 17.9 Å². The van der Waals surface area contributed by atoms with Crippen molar-refractivity contribution in [2.75, 3.05) is 17.3 Å². The van der Waals surface area contributed by atoms with Crippen molar-refractivity contribution >= 4 is 28.4 Å². The first-order valence-electron chi connectivity index (χ1n) is 9.88. The number of benzene rings is 1. The third-order valence-corrected chi connectivity index (χ3v) is 5.97. The molecule has 0 aliphatic heterocycles. The fraction of sp³-hybridized carbons (Fsp3) is 0.364. The predicted molar refractivity (Wildman–Crippen MR) is 112 cm³/mol. The number of aromatic nitrogens is 3. The Morgan fingerprint density at radius 1 is 1.24 bits per heavy atom. The highest BCUT2D eigenvalue weighted by Gasteiger charge is 2.35. The lowest BCUT2D eigenvalue weighted by Crippen LogP contribution is -2.44. The van der Waals surface area contributed by atoms with Gasteiger partial charge in [0.15, 0.2) is 0 Å². The van der Waals surface area contributed by atoms with Gasteiger partial charge in [0.1, 0.15) is 17.8 Å². The standard InChI is InChI=1S/C22H24N6O/c1-14-3-6-16(22(29)27-17-7-4-15(12-23)5-8-17)11-19(14)28(2)21-18-9-10-24-20(18)25-13-26-21/h4-5,7-10,13-14,16,19H,3,6,11H2,1-2H3,(H,27,29)(H,24,25,26). The van der Waals surface area contributed by atoms with Gasteiger partial charge in [-0.1, -0.05) is 6.92 Å². The molecule has 7 heteroatoms. The first-order chi connectivity index (χ1) is 14.1. The summed E-state index contributed by atoms with van der Waals surface area (Å²) in [5, 5.41) is 12.9. The van der Waals surface area contributed by atoms with Crippen LogP contribution in [0, 0.1) is 23.2 Å². The molecule has 2 aromatic heterocycles. The van der Waals surface area contributed by atoms with E-state index in [9.17, 15) is 4.79 Å². The summed E-state index contributed by atoms with van der Waals surface area (Å²) in [5.74, 6) is 1.33. The van der Waals surface area contributed by atoms with Crippen molar-refractivity contribution in [3.63, 3.8) is 0 Å². The zero-order valence-corrected chi connectivity index (χ0v) is 16.6. The number of hydrogen-bond donors (Lipinski definition) is 2. The van der Waals surface area contributed by atoms with E-state index in [1.807, 2.05) is 12.3 Å². The Labute approximate surface area is 169 Å². The van der Waals surface area contributed by atoms with E-state index in [4.69, 9.17) is 5.26 Å². The number of amides is 1. The molecule has 148 valence electrons. The van der Waals surface area contributed by atoms with Gasteiger partial charge in [-0.3, -0.25) is 4.79 Å². The number of rotatable bonds is 4. The van der Waals surface area contributed by atoms with E-state index in [2.05, 4.69) is 45.2 Å². The van der Waals surface area contributed by atoms with Crippen LogP contribution < -0.4 is 10.2 Å². The molecule has 0 radical (unpaired) electrons. The van der Waals surface area contributed by atoms with Crippen LogP contribution in [0.2, 0.25) is 0 Å². The minimum Gasteiger partial charge on any atom is -0.356 e. The summed E-state index contributed by atoms with van der Waals surface area (Å²) in [6.07, 6.45) is 6.08. The lowest BCUT2D eigenvalue weighted by Gasteiger charge is -2.40. The normalized spacial score (nSPS) is 21.5. The first kappa shape index (κ1) is 18.9. The lowest BCUT2D eigenvalue weighted by molar-refractivity contribution is -0.121. The molecule has 2 N–H and O–H groups in total. The largest absolute Gasteiger partial charge is 0.356 e. The molecule has 7 nitrogen and oxygen atoms in total. The second-order valence-corrected chi connectivity index (χ2v) is 7.78. The third kappa shape index (κ3) is 3.79. The summed E-state index contributed by atoms with van der Waals surface area (Å²) < 4.78 is 0. The van der Waals surface area contributed by atoms with Gasteiger partial charge in [-0.15, -0.1) is 0 Å². The summed E-state index contributed by atoms with van der Waals surface area (Å²) in [6.45, 7) is 2.24. The van der Waals surface area contributed by atoms with Crippen LogP contribution in [0.5, 0.6) is 0 Å². The molecule has 1 aliphatic carbocycles. The molecule has 29 heavy (non-hydrogen) atoms. The minimum atomic E-state index is -0.0575. The maximum atomic E-state index is 12.9. The highest BCUT2D eigenvalue weighted by Crippen LogP contribution is 2.35. The molecule has 1 fully saturated rings. The zero-order valence-electron chi connectivity index (χ0n) is 16.6. The number of carbonyl (C=O) groups is 1. The van der Waals surface area contributed by atoms with E-state index in [0.29, 0.717) is 11.5 Å². The SMILES string of the molecule is CC1CCC(C(=O)Nc2ccc(C#N)cc2)CC1N(C)c1ncnc2[nH]ccc12. The number of nitrogens with one attached hydrogen (secondary N) is 2. The van der Waals surface area contributed by atoms with E-state index < -0.39 is 0 Å². The summed E-state index contributed by atoms with van der Waals surface area (Å²) in [4.78, 5) is 27.0. The van der Waals surface area contributed by atoms with Crippen LogP contribution in [0.1, 0.15) is 31.7 Å². The quantitative estimate of drug-likeness (QED) is 0.710. The van der Waals surface area contributed by atoms with Crippen LogP contribution in [-0.4, -0.2) is 33.9 Å². The van der Waals surface area contributed by atoms with Gasteiger partial charge in [0.2, 0.25) is 5.91 Å². The fourth-order valence-corrected chi connectivity index (χ4v) is 4.25. The molecular formula is C22H24N6O. The Hall–Kier alpha value is -3.40. The second kappa shape index (κ2) is 7.92. The molecule has 3 atom stereocenters. The number of hydrogen-bond acceptors (Lipinski definition) is 5. The van der Waals surface area contributed by atoms with E-state index in [0.717, 1.165) is 41.8 Å². The van der Waals surface area contributed by atoms with Crippen molar-refractivity contribution in [2.45, 2.75) is 32.2 Å². The molecule has 1 saturated carbocycles. The first-order valence-corrected chi connectivity index (χ1v) is 9.88. The van der Waals surface area contributed by atoms with Gasteiger partial charge in [0, 0.05) is 30.9 Å². The maximum absolute atomic E-state index is 12.9. The molecule has 0 bridgehead atoms. The second-order valence-electron chi connectivity index (χ2n) is 7.78. The Kier molecular flexibility index (Phi) is 5.17. The van der Waals surface area contributed by atoms with Gasteiger partial charge < -0.3 is 15.2 Å². The number of nitriles is 1. The predicted octanol–water partition coefficient (Wildman–Crippen LogP) is 3.71. The smallest absolute Gasteiger partial charge is 0.227 e. The highest BCUT2D eigenvalue weighted by molar-refractivity contribution is 5.93. The number of anilines is 2. The number of fused-ring (bicyclic) bond motifs is 1. The summed E-state index contributed by atoms with van der Waals surface area (Å²) in [6, 6.07) is 11.3.